The average Bonchev–Trinajstić information content (AvgIpc) is 3.10. The van der Waals surface area contributed by atoms with Crippen LogP contribution < -0.4 is 0 Å². The van der Waals surface area contributed by atoms with Crippen molar-refractivity contribution in [2.75, 3.05) is 13.1 Å². The molecule has 9 heteroatoms. The van der Waals surface area contributed by atoms with Crippen molar-refractivity contribution in [3.05, 3.63) is 47.2 Å². The van der Waals surface area contributed by atoms with Gasteiger partial charge in [-0.25, -0.2) is 4.68 Å². The highest BCUT2D eigenvalue weighted by atomic mass is 35.5. The van der Waals surface area contributed by atoms with E-state index in [2.05, 4.69) is 5.10 Å². The lowest BCUT2D eigenvalue weighted by atomic mass is 9.92. The van der Waals surface area contributed by atoms with E-state index >= 15 is 0 Å². The van der Waals surface area contributed by atoms with Crippen molar-refractivity contribution in [3.8, 4) is 5.69 Å². The lowest BCUT2D eigenvalue weighted by Crippen LogP contribution is -2.57. The molecule has 1 aromatic heterocycles. The number of nitrogens with zero attached hydrogens (tertiary/aromatic N) is 3. The third-order valence-electron chi connectivity index (χ3n) is 4.92. The molecule has 1 N–H and O–H groups in total. The first-order valence-electron chi connectivity index (χ1n) is 8.50. The summed E-state index contributed by atoms with van der Waals surface area (Å²) in [6.07, 6.45) is -2.43. The van der Waals surface area contributed by atoms with Crippen LogP contribution in [0.4, 0.5) is 13.2 Å². The lowest BCUT2D eigenvalue weighted by Gasteiger charge is -2.36. The first-order chi connectivity index (χ1) is 12.6. The molecule has 5 nitrogen and oxygen atoms in total. The Morgan fingerprint density at radius 3 is 2.44 bits per heavy atom. The van der Waals surface area contributed by atoms with E-state index in [-0.39, 0.29) is 19.0 Å². The number of hydrogen-bond donors (Lipinski definition) is 1. The third kappa shape index (κ3) is 3.68. The van der Waals surface area contributed by atoms with E-state index in [1.165, 1.54) is 0 Å². The molecule has 0 radical (unpaired) electrons. The number of para-hydroxylation sites is 1. The number of carbonyl (C=O) groups is 1. The molecule has 1 aliphatic rings. The summed E-state index contributed by atoms with van der Waals surface area (Å²) >= 11 is 6.24. The SMILES string of the molecule is CC(O)(C(=O)N1CCC(c2ccnn2-c2ccccc2Cl)CC1)C(F)(F)F. The van der Waals surface area contributed by atoms with Gasteiger partial charge in [-0.2, -0.15) is 18.3 Å². The zero-order chi connectivity index (χ0) is 19.8. The molecule has 0 saturated carbocycles. The standard InChI is InChI=1S/C18H19ClF3N3O2/c1-17(27,18(20,21)22)16(26)24-10-7-12(8-11-24)14-6-9-23-25(14)15-5-3-2-4-13(15)19/h2-6,9,12,27H,7-8,10-11H2,1H3. The molecule has 0 spiro atoms. The Balaban J connectivity index is 1.74. The summed E-state index contributed by atoms with van der Waals surface area (Å²) < 4.78 is 40.4. The van der Waals surface area contributed by atoms with Gasteiger partial charge in [0.25, 0.3) is 5.91 Å². The van der Waals surface area contributed by atoms with E-state index in [1.807, 2.05) is 24.3 Å². The smallest absolute Gasteiger partial charge is 0.373 e. The number of likely N-dealkylation sites (tertiary alicyclic amines) is 1. The number of piperidine rings is 1. The Labute approximate surface area is 159 Å². The lowest BCUT2D eigenvalue weighted by molar-refractivity contribution is -0.250. The quantitative estimate of drug-likeness (QED) is 0.855. The minimum atomic E-state index is -5.01. The van der Waals surface area contributed by atoms with Crippen LogP contribution in [0.1, 0.15) is 31.4 Å². The summed E-state index contributed by atoms with van der Waals surface area (Å²) in [6, 6.07) is 9.08. The fourth-order valence-corrected chi connectivity index (χ4v) is 3.47. The van der Waals surface area contributed by atoms with Gasteiger partial charge < -0.3 is 10.0 Å². The van der Waals surface area contributed by atoms with E-state index in [4.69, 9.17) is 11.6 Å². The third-order valence-corrected chi connectivity index (χ3v) is 5.24. The van der Waals surface area contributed by atoms with Gasteiger partial charge in [0.05, 0.1) is 10.7 Å². The van der Waals surface area contributed by atoms with Crippen molar-refractivity contribution >= 4 is 17.5 Å². The van der Waals surface area contributed by atoms with Crippen LogP contribution in [0.15, 0.2) is 36.5 Å². The van der Waals surface area contributed by atoms with Crippen molar-refractivity contribution < 1.29 is 23.1 Å². The first-order valence-corrected chi connectivity index (χ1v) is 8.88. The molecule has 1 amide bonds. The van der Waals surface area contributed by atoms with Gasteiger partial charge in [0.1, 0.15) is 0 Å². The van der Waals surface area contributed by atoms with E-state index in [9.17, 15) is 23.1 Å². The Morgan fingerprint density at radius 1 is 1.22 bits per heavy atom. The maximum atomic E-state index is 12.9. The predicted octanol–water partition coefficient (Wildman–Crippen LogP) is 3.55. The molecule has 1 aromatic carbocycles. The molecular formula is C18H19ClF3N3O2. The number of alkyl halides is 3. The van der Waals surface area contributed by atoms with Gasteiger partial charge in [-0.3, -0.25) is 4.79 Å². The monoisotopic (exact) mass is 401 g/mol. The van der Waals surface area contributed by atoms with Gasteiger partial charge in [-0.05, 0) is 38.0 Å². The number of benzene rings is 1. The number of aromatic nitrogens is 2. The number of amides is 1. The first kappa shape index (κ1) is 19.7. The van der Waals surface area contributed by atoms with E-state index in [0.717, 1.165) is 16.3 Å². The van der Waals surface area contributed by atoms with Gasteiger partial charge in [0.15, 0.2) is 0 Å². The zero-order valence-electron chi connectivity index (χ0n) is 14.6. The highest BCUT2D eigenvalue weighted by molar-refractivity contribution is 6.32. The maximum absolute atomic E-state index is 12.9. The van der Waals surface area contributed by atoms with Crippen LogP contribution in [0.25, 0.3) is 5.69 Å². The van der Waals surface area contributed by atoms with Crippen LogP contribution in [0.5, 0.6) is 0 Å². The summed E-state index contributed by atoms with van der Waals surface area (Å²) in [7, 11) is 0. The van der Waals surface area contributed by atoms with Crippen molar-refractivity contribution in [2.24, 2.45) is 0 Å². The number of rotatable bonds is 3. The van der Waals surface area contributed by atoms with Gasteiger partial charge >= 0.3 is 6.18 Å². The predicted molar refractivity (Wildman–Crippen MR) is 93.8 cm³/mol. The van der Waals surface area contributed by atoms with Crippen LogP contribution in [0, 0.1) is 0 Å². The van der Waals surface area contributed by atoms with Gasteiger partial charge in [0.2, 0.25) is 5.60 Å². The molecule has 146 valence electrons. The molecule has 1 atom stereocenters. The molecule has 27 heavy (non-hydrogen) atoms. The Bertz CT molecular complexity index is 827. The molecule has 1 saturated heterocycles. The van der Waals surface area contributed by atoms with Crippen molar-refractivity contribution in [1.82, 2.24) is 14.7 Å². The largest absolute Gasteiger partial charge is 0.426 e. The van der Waals surface area contributed by atoms with Crippen LogP contribution in [-0.4, -0.2) is 50.6 Å². The van der Waals surface area contributed by atoms with E-state index in [0.29, 0.717) is 24.8 Å². The van der Waals surface area contributed by atoms with Crippen molar-refractivity contribution in [1.29, 1.82) is 0 Å². The number of carbonyl (C=O) groups excluding carboxylic acids is 1. The average molecular weight is 402 g/mol. The zero-order valence-corrected chi connectivity index (χ0v) is 15.3. The molecule has 2 aromatic rings. The van der Waals surface area contributed by atoms with Crippen LogP contribution >= 0.6 is 11.6 Å². The van der Waals surface area contributed by atoms with Gasteiger partial charge in [-0.1, -0.05) is 23.7 Å². The summed E-state index contributed by atoms with van der Waals surface area (Å²) in [6.45, 7) is 0.751. The number of halogens is 4. The summed E-state index contributed by atoms with van der Waals surface area (Å²) in [5.74, 6) is -1.29. The molecule has 0 aliphatic carbocycles. The van der Waals surface area contributed by atoms with Crippen LogP contribution in [0.3, 0.4) is 0 Å². The molecule has 0 bridgehead atoms. The van der Waals surface area contributed by atoms with E-state index in [1.54, 1.807) is 16.9 Å². The number of aliphatic hydroxyl groups is 1. The van der Waals surface area contributed by atoms with E-state index < -0.39 is 17.7 Å². The topological polar surface area (TPSA) is 58.4 Å². The number of hydrogen-bond acceptors (Lipinski definition) is 3. The van der Waals surface area contributed by atoms with Crippen LogP contribution in [-0.2, 0) is 4.79 Å². The van der Waals surface area contributed by atoms with Crippen molar-refractivity contribution in [3.63, 3.8) is 0 Å². The fourth-order valence-electron chi connectivity index (χ4n) is 3.25. The molecule has 1 aliphatic heterocycles. The Morgan fingerprint density at radius 2 is 1.85 bits per heavy atom. The molecule has 2 heterocycles. The summed E-state index contributed by atoms with van der Waals surface area (Å²) in [5.41, 5.74) is -1.77. The van der Waals surface area contributed by atoms with Crippen molar-refractivity contribution in [2.45, 2.75) is 37.5 Å². The second-order valence-corrected chi connectivity index (χ2v) is 7.16. The molecule has 1 unspecified atom stereocenters. The minimum absolute atomic E-state index is 0.0173. The van der Waals surface area contributed by atoms with Crippen LogP contribution in [0.2, 0.25) is 5.02 Å². The summed E-state index contributed by atoms with van der Waals surface area (Å²) in [4.78, 5) is 13.2. The normalized spacial score (nSPS) is 18.4. The second-order valence-electron chi connectivity index (χ2n) is 6.76. The molecule has 3 rings (SSSR count). The fraction of sp³-hybridized carbons (Fsp3) is 0.444. The molecule has 1 fully saturated rings. The Hall–Kier alpha value is -2.06. The second kappa shape index (κ2) is 7.16. The molecular weight excluding hydrogens is 383 g/mol. The maximum Gasteiger partial charge on any atom is 0.426 e. The van der Waals surface area contributed by atoms with Gasteiger partial charge in [0, 0.05) is 30.9 Å². The van der Waals surface area contributed by atoms with Gasteiger partial charge in [-0.15, -0.1) is 0 Å². The Kier molecular flexibility index (Phi) is 5.22. The minimum Gasteiger partial charge on any atom is -0.373 e. The highest BCUT2D eigenvalue weighted by Gasteiger charge is 2.57. The summed E-state index contributed by atoms with van der Waals surface area (Å²) in [5, 5.41) is 14.4. The highest BCUT2D eigenvalue weighted by Crippen LogP contribution is 2.35.